The molecular formula is C9H5F3N2. The average Bonchev–Trinajstić information content (AvgIpc) is 2.14. The maximum absolute atomic E-state index is 13.2. The number of aromatic nitrogens is 1. The second-order valence-electron chi connectivity index (χ2n) is 2.76. The van der Waals surface area contributed by atoms with E-state index in [4.69, 9.17) is 5.73 Å². The molecule has 1 aromatic carbocycles. The van der Waals surface area contributed by atoms with Gasteiger partial charge in [-0.05, 0) is 12.1 Å². The fourth-order valence-electron chi connectivity index (χ4n) is 1.22. The summed E-state index contributed by atoms with van der Waals surface area (Å²) in [6.07, 6.45) is 0. The molecule has 0 saturated heterocycles. The van der Waals surface area contributed by atoms with Crippen LogP contribution in [0.15, 0.2) is 18.2 Å². The normalized spacial score (nSPS) is 10.8. The van der Waals surface area contributed by atoms with Gasteiger partial charge in [-0.25, -0.2) is 13.8 Å². The van der Waals surface area contributed by atoms with Crippen LogP contribution in [0.4, 0.5) is 19.0 Å². The molecule has 2 aromatic rings. The first-order valence-electron chi connectivity index (χ1n) is 3.80. The van der Waals surface area contributed by atoms with Gasteiger partial charge < -0.3 is 5.73 Å². The highest BCUT2D eigenvalue weighted by atomic mass is 19.2. The summed E-state index contributed by atoms with van der Waals surface area (Å²) in [4.78, 5) is 3.52. The zero-order chi connectivity index (χ0) is 10.3. The number of pyridine rings is 1. The van der Waals surface area contributed by atoms with Crippen LogP contribution in [0.25, 0.3) is 10.9 Å². The van der Waals surface area contributed by atoms with Crippen LogP contribution in [-0.4, -0.2) is 4.98 Å². The van der Waals surface area contributed by atoms with Gasteiger partial charge in [-0.3, -0.25) is 0 Å². The first-order valence-corrected chi connectivity index (χ1v) is 3.80. The minimum absolute atomic E-state index is 0.00130. The van der Waals surface area contributed by atoms with E-state index in [0.717, 1.165) is 6.07 Å². The van der Waals surface area contributed by atoms with Gasteiger partial charge in [-0.2, -0.15) is 4.39 Å². The topological polar surface area (TPSA) is 38.9 Å². The van der Waals surface area contributed by atoms with Crippen molar-refractivity contribution in [3.8, 4) is 0 Å². The Bertz CT molecular complexity index is 511. The van der Waals surface area contributed by atoms with E-state index >= 15 is 0 Å². The molecular weight excluding hydrogens is 193 g/mol. The van der Waals surface area contributed by atoms with Gasteiger partial charge in [-0.1, -0.05) is 6.07 Å². The Morgan fingerprint density at radius 2 is 1.79 bits per heavy atom. The number of hydrogen-bond donors (Lipinski definition) is 1. The molecule has 0 aliphatic rings. The fraction of sp³-hybridized carbons (Fsp3) is 0. The van der Waals surface area contributed by atoms with Crippen LogP contribution in [-0.2, 0) is 0 Å². The zero-order valence-corrected chi connectivity index (χ0v) is 6.89. The molecule has 0 amide bonds. The summed E-state index contributed by atoms with van der Waals surface area (Å²) in [6, 6.07) is 3.74. The minimum Gasteiger partial charge on any atom is -0.381 e. The van der Waals surface area contributed by atoms with E-state index in [1.54, 1.807) is 0 Å². The van der Waals surface area contributed by atoms with E-state index in [0.29, 0.717) is 0 Å². The fourth-order valence-corrected chi connectivity index (χ4v) is 1.22. The van der Waals surface area contributed by atoms with Gasteiger partial charge in [0, 0.05) is 0 Å². The number of hydrogen-bond acceptors (Lipinski definition) is 2. The lowest BCUT2D eigenvalue weighted by Gasteiger charge is -2.03. The van der Waals surface area contributed by atoms with Gasteiger partial charge in [0.05, 0.1) is 10.9 Å². The Hall–Kier alpha value is -1.78. The van der Waals surface area contributed by atoms with Gasteiger partial charge in [0.2, 0.25) is 5.82 Å². The van der Waals surface area contributed by atoms with Crippen molar-refractivity contribution >= 4 is 16.7 Å². The standard InChI is InChI=1S/C9H5F3N2/c10-4-2-1-3-5-6(4)7(11)8(12)9(13)14-5/h1-3H,(H2,13,14). The predicted molar refractivity (Wildman–Crippen MR) is 46.0 cm³/mol. The van der Waals surface area contributed by atoms with Crippen molar-refractivity contribution in [3.63, 3.8) is 0 Å². The smallest absolute Gasteiger partial charge is 0.201 e. The summed E-state index contributed by atoms with van der Waals surface area (Å²) in [5, 5.41) is -0.473. The number of nitrogens with zero attached hydrogens (tertiary/aromatic N) is 1. The molecule has 0 spiro atoms. The average molecular weight is 198 g/mol. The van der Waals surface area contributed by atoms with Gasteiger partial charge in [0.15, 0.2) is 11.6 Å². The number of fused-ring (bicyclic) bond motifs is 1. The number of rotatable bonds is 0. The summed E-state index contributed by atoms with van der Waals surface area (Å²) < 4.78 is 39.2. The van der Waals surface area contributed by atoms with E-state index in [2.05, 4.69) is 4.98 Å². The molecule has 0 aliphatic carbocycles. The lowest BCUT2D eigenvalue weighted by Crippen LogP contribution is -2.00. The largest absolute Gasteiger partial charge is 0.381 e. The van der Waals surface area contributed by atoms with E-state index < -0.39 is 28.7 Å². The Balaban J connectivity index is 2.99. The van der Waals surface area contributed by atoms with E-state index in [1.165, 1.54) is 12.1 Å². The Morgan fingerprint density at radius 3 is 2.50 bits per heavy atom. The number of nitrogens with two attached hydrogens (primary N) is 1. The second-order valence-corrected chi connectivity index (χ2v) is 2.76. The summed E-state index contributed by atoms with van der Waals surface area (Å²) in [7, 11) is 0. The first-order chi connectivity index (χ1) is 6.61. The first kappa shape index (κ1) is 8.80. The molecule has 0 bridgehead atoms. The van der Waals surface area contributed by atoms with Gasteiger partial charge in [0.25, 0.3) is 0 Å². The third-order valence-corrected chi connectivity index (χ3v) is 1.87. The van der Waals surface area contributed by atoms with Crippen molar-refractivity contribution in [2.75, 3.05) is 5.73 Å². The molecule has 2 N–H and O–H groups in total. The third-order valence-electron chi connectivity index (χ3n) is 1.87. The van der Waals surface area contributed by atoms with Crippen molar-refractivity contribution in [3.05, 3.63) is 35.7 Å². The van der Waals surface area contributed by atoms with Crippen molar-refractivity contribution < 1.29 is 13.2 Å². The molecule has 2 rings (SSSR count). The van der Waals surface area contributed by atoms with E-state index in [9.17, 15) is 13.2 Å². The molecule has 0 atom stereocenters. The number of anilines is 1. The zero-order valence-electron chi connectivity index (χ0n) is 6.89. The number of nitrogen functional groups attached to an aromatic ring is 1. The van der Waals surface area contributed by atoms with Crippen LogP contribution in [0, 0.1) is 17.5 Å². The van der Waals surface area contributed by atoms with E-state index in [-0.39, 0.29) is 5.52 Å². The highest BCUT2D eigenvalue weighted by Crippen LogP contribution is 2.24. The third kappa shape index (κ3) is 1.09. The van der Waals surface area contributed by atoms with Crippen LogP contribution in [0.3, 0.4) is 0 Å². The summed E-state index contributed by atoms with van der Waals surface area (Å²) in [6.45, 7) is 0. The maximum atomic E-state index is 13.2. The molecule has 0 radical (unpaired) electrons. The van der Waals surface area contributed by atoms with Crippen LogP contribution in [0.1, 0.15) is 0 Å². The lowest BCUT2D eigenvalue weighted by molar-refractivity contribution is 0.512. The monoisotopic (exact) mass is 198 g/mol. The Morgan fingerprint density at radius 1 is 1.07 bits per heavy atom. The van der Waals surface area contributed by atoms with Gasteiger partial charge >= 0.3 is 0 Å². The van der Waals surface area contributed by atoms with Crippen molar-refractivity contribution in [1.82, 2.24) is 4.98 Å². The van der Waals surface area contributed by atoms with Gasteiger partial charge in [-0.15, -0.1) is 0 Å². The molecule has 0 aliphatic heterocycles. The lowest BCUT2D eigenvalue weighted by atomic mass is 10.2. The quantitative estimate of drug-likeness (QED) is 0.704. The molecule has 2 nitrogen and oxygen atoms in total. The maximum Gasteiger partial charge on any atom is 0.201 e. The molecule has 1 aromatic heterocycles. The number of halogens is 3. The summed E-state index contributed by atoms with van der Waals surface area (Å²) >= 11 is 0. The minimum atomic E-state index is -1.32. The van der Waals surface area contributed by atoms with Crippen LogP contribution in [0.5, 0.6) is 0 Å². The van der Waals surface area contributed by atoms with Crippen molar-refractivity contribution in [2.45, 2.75) is 0 Å². The molecule has 14 heavy (non-hydrogen) atoms. The summed E-state index contributed by atoms with van der Waals surface area (Å²) in [5.74, 6) is -4.04. The van der Waals surface area contributed by atoms with Crippen molar-refractivity contribution in [2.24, 2.45) is 0 Å². The predicted octanol–water partition coefficient (Wildman–Crippen LogP) is 2.23. The molecule has 5 heteroatoms. The highest BCUT2D eigenvalue weighted by Gasteiger charge is 2.15. The molecule has 0 fully saturated rings. The van der Waals surface area contributed by atoms with Crippen LogP contribution in [0.2, 0.25) is 0 Å². The highest BCUT2D eigenvalue weighted by molar-refractivity contribution is 5.81. The summed E-state index contributed by atoms with van der Waals surface area (Å²) in [5.41, 5.74) is 5.09. The molecule has 0 saturated carbocycles. The Kier molecular flexibility index (Phi) is 1.80. The number of benzene rings is 1. The SMILES string of the molecule is Nc1nc2cccc(F)c2c(F)c1F. The second kappa shape index (κ2) is 2.87. The Labute approximate surface area is 77.2 Å². The van der Waals surface area contributed by atoms with E-state index in [1.807, 2.05) is 0 Å². The van der Waals surface area contributed by atoms with Gasteiger partial charge in [0.1, 0.15) is 5.82 Å². The molecule has 0 unspecified atom stereocenters. The molecule has 72 valence electrons. The van der Waals surface area contributed by atoms with Crippen LogP contribution < -0.4 is 5.73 Å². The van der Waals surface area contributed by atoms with Crippen LogP contribution >= 0.6 is 0 Å². The molecule has 1 heterocycles. The van der Waals surface area contributed by atoms with Crippen molar-refractivity contribution in [1.29, 1.82) is 0 Å².